The fourth-order valence-corrected chi connectivity index (χ4v) is 1.70. The van der Waals surface area contributed by atoms with Crippen molar-refractivity contribution < 1.29 is 4.84 Å². The average Bonchev–Trinajstić information content (AvgIpc) is 2.58. The fraction of sp³-hybridized carbons (Fsp3) is 0.278. The maximum absolute atomic E-state index is 5.38. The Hall–Kier alpha value is -2.29. The molecule has 0 aliphatic rings. The molecule has 0 amide bonds. The summed E-state index contributed by atoms with van der Waals surface area (Å²) < 4.78 is 0. The number of anilines is 1. The van der Waals surface area contributed by atoms with Crippen LogP contribution in [0.3, 0.4) is 0 Å². The second kappa shape index (κ2) is 9.59. The predicted octanol–water partition coefficient (Wildman–Crippen LogP) is 4.70. The Labute approximate surface area is 127 Å². The minimum absolute atomic E-state index is 0.480. The third-order valence-corrected chi connectivity index (χ3v) is 2.87. The van der Waals surface area contributed by atoms with Crippen LogP contribution in [0.2, 0.25) is 0 Å². The molecule has 0 atom stereocenters. The van der Waals surface area contributed by atoms with E-state index in [1.807, 2.05) is 82.4 Å². The molecule has 0 spiro atoms. The highest BCUT2D eigenvalue weighted by Gasteiger charge is 1.97. The summed E-state index contributed by atoms with van der Waals surface area (Å²) in [6.45, 7) is 6.42. The summed E-state index contributed by atoms with van der Waals surface area (Å²) in [6.07, 6.45) is 0. The Morgan fingerprint density at radius 1 is 1.00 bits per heavy atom. The number of oxime groups is 1. The van der Waals surface area contributed by atoms with E-state index in [1.165, 1.54) is 0 Å². The minimum atomic E-state index is 0.480. The van der Waals surface area contributed by atoms with Crippen LogP contribution in [-0.4, -0.2) is 12.8 Å². The van der Waals surface area contributed by atoms with E-state index in [1.54, 1.807) is 0 Å². The van der Waals surface area contributed by atoms with Crippen LogP contribution >= 0.6 is 0 Å². The molecule has 2 aromatic carbocycles. The zero-order valence-electron chi connectivity index (χ0n) is 13.3. The van der Waals surface area contributed by atoms with Crippen molar-refractivity contribution in [2.24, 2.45) is 5.16 Å². The molecule has 0 heterocycles. The lowest BCUT2D eigenvalue weighted by Gasteiger charge is -2.04. The minimum Gasteiger partial charge on any atom is -0.391 e. The van der Waals surface area contributed by atoms with Gasteiger partial charge in [-0.1, -0.05) is 61.5 Å². The van der Waals surface area contributed by atoms with Crippen molar-refractivity contribution >= 4 is 11.4 Å². The third kappa shape index (κ3) is 5.69. The van der Waals surface area contributed by atoms with Gasteiger partial charge >= 0.3 is 0 Å². The van der Waals surface area contributed by atoms with Crippen molar-refractivity contribution in [1.82, 2.24) is 0 Å². The molecule has 0 radical (unpaired) electrons. The SMILES string of the molecule is CC.CNc1ccc(CO/N=C(\C)c2ccccc2)cc1. The summed E-state index contributed by atoms with van der Waals surface area (Å²) in [6, 6.07) is 18.1. The zero-order valence-corrected chi connectivity index (χ0v) is 13.3. The second-order valence-electron chi connectivity index (χ2n) is 4.26. The maximum Gasteiger partial charge on any atom is 0.142 e. The summed E-state index contributed by atoms with van der Waals surface area (Å²) in [4.78, 5) is 5.38. The number of hydrogen-bond acceptors (Lipinski definition) is 3. The van der Waals surface area contributed by atoms with E-state index in [2.05, 4.69) is 10.5 Å². The molecular formula is C18H24N2O. The monoisotopic (exact) mass is 284 g/mol. The smallest absolute Gasteiger partial charge is 0.142 e. The molecule has 0 aliphatic heterocycles. The van der Waals surface area contributed by atoms with Crippen LogP contribution in [0, 0.1) is 0 Å². The van der Waals surface area contributed by atoms with Gasteiger partial charge in [-0.2, -0.15) is 0 Å². The zero-order chi connectivity index (χ0) is 15.5. The maximum atomic E-state index is 5.38. The predicted molar refractivity (Wildman–Crippen MR) is 90.8 cm³/mol. The molecule has 0 aromatic heterocycles. The normalized spacial score (nSPS) is 10.4. The van der Waals surface area contributed by atoms with E-state index in [9.17, 15) is 0 Å². The van der Waals surface area contributed by atoms with Crippen LogP contribution in [0.15, 0.2) is 59.8 Å². The van der Waals surface area contributed by atoms with Crippen LogP contribution in [0.5, 0.6) is 0 Å². The quantitative estimate of drug-likeness (QED) is 0.638. The van der Waals surface area contributed by atoms with Gasteiger partial charge in [-0.25, -0.2) is 0 Å². The van der Waals surface area contributed by atoms with Gasteiger partial charge < -0.3 is 10.2 Å². The first-order valence-electron chi connectivity index (χ1n) is 7.28. The van der Waals surface area contributed by atoms with Crippen LogP contribution in [0.1, 0.15) is 31.9 Å². The van der Waals surface area contributed by atoms with E-state index < -0.39 is 0 Å². The number of benzene rings is 2. The van der Waals surface area contributed by atoms with Gasteiger partial charge in [-0.05, 0) is 30.2 Å². The van der Waals surface area contributed by atoms with Crippen molar-refractivity contribution in [2.45, 2.75) is 27.4 Å². The molecule has 3 heteroatoms. The van der Waals surface area contributed by atoms with Crippen LogP contribution in [-0.2, 0) is 11.4 Å². The Bertz CT molecular complexity index is 533. The lowest BCUT2D eigenvalue weighted by atomic mass is 10.1. The summed E-state index contributed by atoms with van der Waals surface area (Å²) >= 11 is 0. The molecule has 0 saturated heterocycles. The van der Waals surface area contributed by atoms with Gasteiger partial charge in [0, 0.05) is 12.7 Å². The first-order valence-corrected chi connectivity index (χ1v) is 7.28. The second-order valence-corrected chi connectivity index (χ2v) is 4.26. The Kier molecular flexibility index (Phi) is 7.65. The number of rotatable bonds is 5. The van der Waals surface area contributed by atoms with Crippen LogP contribution < -0.4 is 5.32 Å². The number of nitrogens with zero attached hydrogens (tertiary/aromatic N) is 1. The van der Waals surface area contributed by atoms with Crippen molar-refractivity contribution in [2.75, 3.05) is 12.4 Å². The summed E-state index contributed by atoms with van der Waals surface area (Å²) in [5.41, 5.74) is 4.15. The molecule has 0 saturated carbocycles. The molecule has 0 bridgehead atoms. The molecule has 0 unspecified atom stereocenters. The molecule has 112 valence electrons. The highest BCUT2D eigenvalue weighted by molar-refractivity contribution is 5.98. The van der Waals surface area contributed by atoms with E-state index in [0.29, 0.717) is 6.61 Å². The number of nitrogens with one attached hydrogen (secondary N) is 1. The van der Waals surface area contributed by atoms with Crippen LogP contribution in [0.4, 0.5) is 5.69 Å². The van der Waals surface area contributed by atoms with Crippen molar-refractivity contribution in [3.8, 4) is 0 Å². The van der Waals surface area contributed by atoms with Crippen molar-refractivity contribution in [1.29, 1.82) is 0 Å². The summed E-state index contributed by atoms with van der Waals surface area (Å²) in [5, 5.41) is 7.21. The lowest BCUT2D eigenvalue weighted by Crippen LogP contribution is -1.96. The molecular weight excluding hydrogens is 260 g/mol. The van der Waals surface area contributed by atoms with Crippen molar-refractivity contribution in [3.63, 3.8) is 0 Å². The fourth-order valence-electron chi connectivity index (χ4n) is 1.70. The first kappa shape index (κ1) is 16.8. The van der Waals surface area contributed by atoms with Gasteiger partial charge in [0.05, 0.1) is 5.71 Å². The van der Waals surface area contributed by atoms with Gasteiger partial charge in [0.15, 0.2) is 0 Å². The summed E-state index contributed by atoms with van der Waals surface area (Å²) in [7, 11) is 1.90. The molecule has 0 aliphatic carbocycles. The third-order valence-electron chi connectivity index (χ3n) is 2.87. The van der Waals surface area contributed by atoms with E-state index in [-0.39, 0.29) is 0 Å². The highest BCUT2D eigenvalue weighted by atomic mass is 16.6. The standard InChI is InChI=1S/C16H18N2O.C2H6/c1-13(15-6-4-3-5-7-15)18-19-12-14-8-10-16(17-2)11-9-14;1-2/h3-11,17H,12H2,1-2H3;1-2H3/b18-13+;. The molecule has 21 heavy (non-hydrogen) atoms. The molecule has 0 fully saturated rings. The Morgan fingerprint density at radius 3 is 2.19 bits per heavy atom. The average molecular weight is 284 g/mol. The van der Waals surface area contributed by atoms with Gasteiger partial charge in [-0.3, -0.25) is 0 Å². The van der Waals surface area contributed by atoms with Gasteiger partial charge in [0.2, 0.25) is 0 Å². The van der Waals surface area contributed by atoms with Gasteiger partial charge in [0.25, 0.3) is 0 Å². The van der Waals surface area contributed by atoms with Gasteiger partial charge in [0.1, 0.15) is 6.61 Å². The Morgan fingerprint density at radius 2 is 1.62 bits per heavy atom. The largest absolute Gasteiger partial charge is 0.391 e. The van der Waals surface area contributed by atoms with E-state index in [0.717, 1.165) is 22.5 Å². The summed E-state index contributed by atoms with van der Waals surface area (Å²) in [5.74, 6) is 0. The molecule has 2 rings (SSSR count). The molecule has 2 aromatic rings. The van der Waals surface area contributed by atoms with Crippen molar-refractivity contribution in [3.05, 3.63) is 65.7 Å². The highest BCUT2D eigenvalue weighted by Crippen LogP contribution is 2.10. The van der Waals surface area contributed by atoms with Crippen LogP contribution in [0.25, 0.3) is 0 Å². The van der Waals surface area contributed by atoms with E-state index in [4.69, 9.17) is 4.84 Å². The van der Waals surface area contributed by atoms with Gasteiger partial charge in [-0.15, -0.1) is 0 Å². The molecule has 3 nitrogen and oxygen atoms in total. The Balaban J connectivity index is 0.00000106. The number of hydrogen-bond donors (Lipinski definition) is 1. The first-order chi connectivity index (χ1) is 10.3. The lowest BCUT2D eigenvalue weighted by molar-refractivity contribution is 0.130. The topological polar surface area (TPSA) is 33.6 Å². The molecule has 1 N–H and O–H groups in total. The van der Waals surface area contributed by atoms with E-state index >= 15 is 0 Å².